The van der Waals surface area contributed by atoms with E-state index in [0.717, 1.165) is 5.69 Å². The van der Waals surface area contributed by atoms with Crippen LogP contribution >= 0.6 is 0 Å². The molecular formula is C12H22N2O3. The van der Waals surface area contributed by atoms with E-state index in [0.29, 0.717) is 19.2 Å². The standard InChI is InChI=1S/C12H22N2O3/c1-9(7-15-5)17-11-14-10(8-16-11)6-13-12(2,3)4/h8-9,13H,6-7H2,1-5H3. The molecule has 1 aromatic heterocycles. The van der Waals surface area contributed by atoms with Crippen LogP contribution in [0.2, 0.25) is 0 Å². The van der Waals surface area contributed by atoms with Crippen molar-refractivity contribution in [1.29, 1.82) is 0 Å². The third-order valence-corrected chi connectivity index (χ3v) is 2.03. The molecule has 1 N–H and O–H groups in total. The fourth-order valence-electron chi connectivity index (χ4n) is 1.22. The fraction of sp³-hybridized carbons (Fsp3) is 0.750. The molecule has 0 aliphatic rings. The lowest BCUT2D eigenvalue weighted by Crippen LogP contribution is -2.35. The van der Waals surface area contributed by atoms with Gasteiger partial charge in [-0.2, -0.15) is 4.98 Å². The topological polar surface area (TPSA) is 56.5 Å². The summed E-state index contributed by atoms with van der Waals surface area (Å²) in [6.45, 7) is 9.38. The van der Waals surface area contributed by atoms with Gasteiger partial charge in [-0.1, -0.05) is 0 Å². The normalized spacial score (nSPS) is 13.7. The Bertz CT molecular complexity index is 331. The predicted molar refractivity (Wildman–Crippen MR) is 65.1 cm³/mol. The highest BCUT2D eigenvalue weighted by atomic mass is 16.6. The predicted octanol–water partition coefficient (Wildman–Crippen LogP) is 1.98. The van der Waals surface area contributed by atoms with Crippen LogP contribution in [-0.2, 0) is 11.3 Å². The van der Waals surface area contributed by atoms with Crippen LogP contribution in [0, 0.1) is 0 Å². The SMILES string of the molecule is COCC(C)Oc1nc(CNC(C)(C)C)co1. The third-order valence-electron chi connectivity index (χ3n) is 2.03. The van der Waals surface area contributed by atoms with Gasteiger partial charge >= 0.3 is 6.08 Å². The number of methoxy groups -OCH3 is 1. The van der Waals surface area contributed by atoms with Crippen molar-refractivity contribution in [2.45, 2.75) is 45.9 Å². The molecule has 0 bridgehead atoms. The number of nitrogens with zero attached hydrogens (tertiary/aromatic N) is 1. The van der Waals surface area contributed by atoms with Crippen molar-refractivity contribution in [2.75, 3.05) is 13.7 Å². The summed E-state index contributed by atoms with van der Waals surface area (Å²) in [5.74, 6) is 0. The average molecular weight is 242 g/mol. The van der Waals surface area contributed by atoms with E-state index < -0.39 is 0 Å². The van der Waals surface area contributed by atoms with Gasteiger partial charge in [0.15, 0.2) is 0 Å². The van der Waals surface area contributed by atoms with Gasteiger partial charge in [-0.3, -0.25) is 0 Å². The van der Waals surface area contributed by atoms with Gasteiger partial charge in [-0.15, -0.1) is 0 Å². The smallest absolute Gasteiger partial charge is 0.394 e. The number of ether oxygens (including phenoxy) is 2. The Morgan fingerprint density at radius 3 is 2.76 bits per heavy atom. The molecule has 17 heavy (non-hydrogen) atoms. The molecule has 0 aliphatic carbocycles. The molecule has 5 nitrogen and oxygen atoms in total. The first kappa shape index (κ1) is 14.0. The quantitative estimate of drug-likeness (QED) is 0.826. The summed E-state index contributed by atoms with van der Waals surface area (Å²) in [6.07, 6.45) is 1.83. The van der Waals surface area contributed by atoms with Crippen LogP contribution in [0.15, 0.2) is 10.7 Å². The second-order valence-corrected chi connectivity index (χ2v) is 5.09. The molecule has 1 rings (SSSR count). The molecule has 1 aromatic rings. The number of aromatic nitrogens is 1. The summed E-state index contributed by atoms with van der Waals surface area (Å²) < 4.78 is 15.6. The van der Waals surface area contributed by atoms with E-state index >= 15 is 0 Å². The maximum absolute atomic E-state index is 5.44. The molecule has 0 amide bonds. The highest BCUT2D eigenvalue weighted by Gasteiger charge is 2.12. The summed E-state index contributed by atoms with van der Waals surface area (Å²) in [5.41, 5.74) is 0.892. The van der Waals surface area contributed by atoms with Gasteiger partial charge in [0, 0.05) is 19.2 Å². The molecule has 0 saturated carbocycles. The first-order chi connectivity index (χ1) is 7.90. The van der Waals surface area contributed by atoms with Gasteiger partial charge in [0.25, 0.3) is 0 Å². The zero-order valence-corrected chi connectivity index (χ0v) is 11.2. The summed E-state index contributed by atoms with van der Waals surface area (Å²) >= 11 is 0. The second kappa shape index (κ2) is 6.02. The molecule has 5 heteroatoms. The van der Waals surface area contributed by atoms with Crippen molar-refractivity contribution < 1.29 is 13.9 Å². The maximum atomic E-state index is 5.44. The van der Waals surface area contributed by atoms with Crippen LogP contribution in [0.1, 0.15) is 33.4 Å². The lowest BCUT2D eigenvalue weighted by atomic mass is 10.1. The van der Waals surface area contributed by atoms with Gasteiger partial charge in [0.2, 0.25) is 0 Å². The summed E-state index contributed by atoms with van der Waals surface area (Å²) in [5, 5.41) is 3.33. The van der Waals surface area contributed by atoms with Crippen molar-refractivity contribution >= 4 is 0 Å². The fourth-order valence-corrected chi connectivity index (χ4v) is 1.22. The van der Waals surface area contributed by atoms with Crippen molar-refractivity contribution in [2.24, 2.45) is 0 Å². The number of hydrogen-bond donors (Lipinski definition) is 1. The molecule has 1 heterocycles. The van der Waals surface area contributed by atoms with Crippen LogP contribution < -0.4 is 10.1 Å². The lowest BCUT2D eigenvalue weighted by molar-refractivity contribution is 0.0705. The van der Waals surface area contributed by atoms with E-state index in [1.165, 1.54) is 0 Å². The molecule has 0 fully saturated rings. The number of nitrogens with one attached hydrogen (secondary N) is 1. The van der Waals surface area contributed by atoms with E-state index in [9.17, 15) is 0 Å². The monoisotopic (exact) mass is 242 g/mol. The van der Waals surface area contributed by atoms with Crippen LogP contribution in [0.25, 0.3) is 0 Å². The van der Waals surface area contributed by atoms with Gasteiger partial charge in [-0.25, -0.2) is 0 Å². The van der Waals surface area contributed by atoms with Gasteiger partial charge in [0.05, 0.1) is 12.3 Å². The molecule has 0 radical (unpaired) electrons. The Hall–Kier alpha value is -1.07. The number of oxazole rings is 1. The third kappa shape index (κ3) is 5.70. The number of rotatable bonds is 6. The highest BCUT2D eigenvalue weighted by molar-refractivity contribution is 5.00. The van der Waals surface area contributed by atoms with Gasteiger partial charge < -0.3 is 19.2 Å². The largest absolute Gasteiger partial charge is 0.445 e. The van der Waals surface area contributed by atoms with E-state index in [-0.39, 0.29) is 11.6 Å². The van der Waals surface area contributed by atoms with Gasteiger partial charge in [-0.05, 0) is 27.7 Å². The zero-order chi connectivity index (χ0) is 12.9. The molecule has 98 valence electrons. The highest BCUT2D eigenvalue weighted by Crippen LogP contribution is 2.13. The summed E-state index contributed by atoms with van der Waals surface area (Å²) in [6, 6.07) is 0. The Morgan fingerprint density at radius 1 is 1.47 bits per heavy atom. The molecule has 0 aliphatic heterocycles. The summed E-state index contributed by atoms with van der Waals surface area (Å²) in [4.78, 5) is 4.23. The Balaban J connectivity index is 2.42. The van der Waals surface area contributed by atoms with Gasteiger partial charge in [0.1, 0.15) is 12.4 Å². The molecule has 1 atom stereocenters. The van der Waals surface area contributed by atoms with E-state index in [1.54, 1.807) is 13.4 Å². The first-order valence-corrected chi connectivity index (χ1v) is 5.76. The molecular weight excluding hydrogens is 220 g/mol. The van der Waals surface area contributed by atoms with Crippen LogP contribution in [-0.4, -0.2) is 30.3 Å². The molecule has 1 unspecified atom stereocenters. The van der Waals surface area contributed by atoms with E-state index in [2.05, 4.69) is 31.1 Å². The molecule has 0 spiro atoms. The number of hydrogen-bond acceptors (Lipinski definition) is 5. The molecule has 0 aromatic carbocycles. The minimum absolute atomic E-state index is 0.0588. The summed E-state index contributed by atoms with van der Waals surface area (Å²) in [7, 11) is 1.63. The van der Waals surface area contributed by atoms with Crippen LogP contribution in [0.4, 0.5) is 0 Å². The van der Waals surface area contributed by atoms with E-state index in [4.69, 9.17) is 13.9 Å². The average Bonchev–Trinajstić information content (AvgIpc) is 2.62. The van der Waals surface area contributed by atoms with Crippen molar-refractivity contribution in [3.63, 3.8) is 0 Å². The van der Waals surface area contributed by atoms with Crippen LogP contribution in [0.5, 0.6) is 6.08 Å². The van der Waals surface area contributed by atoms with Crippen molar-refractivity contribution in [3.05, 3.63) is 12.0 Å². The zero-order valence-electron chi connectivity index (χ0n) is 11.2. The first-order valence-electron chi connectivity index (χ1n) is 5.76. The Labute approximate surface area is 103 Å². The van der Waals surface area contributed by atoms with Crippen molar-refractivity contribution in [1.82, 2.24) is 10.3 Å². The Kier molecular flexibility index (Phi) is 4.96. The van der Waals surface area contributed by atoms with Crippen molar-refractivity contribution in [3.8, 4) is 6.08 Å². The Morgan fingerprint density at radius 2 is 2.18 bits per heavy atom. The molecule has 0 saturated heterocycles. The maximum Gasteiger partial charge on any atom is 0.394 e. The lowest BCUT2D eigenvalue weighted by Gasteiger charge is -2.19. The minimum Gasteiger partial charge on any atom is -0.445 e. The minimum atomic E-state index is -0.0675. The van der Waals surface area contributed by atoms with E-state index in [1.807, 2.05) is 6.92 Å². The second-order valence-electron chi connectivity index (χ2n) is 5.09. The van der Waals surface area contributed by atoms with Crippen LogP contribution in [0.3, 0.4) is 0 Å².